The van der Waals surface area contributed by atoms with Gasteiger partial charge in [0, 0.05) is 5.92 Å². The lowest BCUT2D eigenvalue weighted by atomic mass is 9.77. The maximum absolute atomic E-state index is 4.64. The molecule has 0 spiro atoms. The number of fused-ring (bicyclic) bond motifs is 1. The number of quaternary nitrogens is 1. The van der Waals surface area contributed by atoms with E-state index >= 15 is 0 Å². The van der Waals surface area contributed by atoms with E-state index in [1.54, 1.807) is 16.2 Å². The van der Waals surface area contributed by atoms with Crippen LogP contribution in [0.5, 0.6) is 0 Å². The highest BCUT2D eigenvalue weighted by molar-refractivity contribution is 7.22. The number of thiazole rings is 1. The molecule has 1 saturated carbocycles. The predicted octanol–water partition coefficient (Wildman–Crippen LogP) is 0.373. The van der Waals surface area contributed by atoms with Gasteiger partial charge in [-0.1, -0.05) is 37.3 Å². The third-order valence-corrected chi connectivity index (χ3v) is 6.69. The maximum atomic E-state index is 4.64. The van der Waals surface area contributed by atoms with E-state index in [4.69, 9.17) is 0 Å². The molecule has 5 nitrogen and oxygen atoms in total. The van der Waals surface area contributed by atoms with Crippen LogP contribution >= 0.6 is 11.3 Å². The molecule has 24 heavy (non-hydrogen) atoms. The van der Waals surface area contributed by atoms with Crippen molar-refractivity contribution in [3.05, 3.63) is 24.3 Å². The Labute approximate surface area is 147 Å². The number of benzene rings is 1. The van der Waals surface area contributed by atoms with Gasteiger partial charge in [-0.25, -0.2) is 20.6 Å². The molecule has 6 heteroatoms. The molecule has 1 aromatic carbocycles. The lowest BCUT2D eigenvalue weighted by Gasteiger charge is -2.38. The highest BCUT2D eigenvalue weighted by atomic mass is 32.1. The summed E-state index contributed by atoms with van der Waals surface area (Å²) in [7, 11) is 0. The predicted molar refractivity (Wildman–Crippen MR) is 99.0 cm³/mol. The summed E-state index contributed by atoms with van der Waals surface area (Å²) in [6, 6.07) is 9.02. The van der Waals surface area contributed by atoms with Gasteiger partial charge in [0.1, 0.15) is 0 Å². The van der Waals surface area contributed by atoms with Gasteiger partial charge in [-0.2, -0.15) is 0 Å². The van der Waals surface area contributed by atoms with Gasteiger partial charge in [0.2, 0.25) is 0 Å². The lowest BCUT2D eigenvalue weighted by Crippen LogP contribution is -3.27. The molecule has 2 aromatic rings. The van der Waals surface area contributed by atoms with Crippen molar-refractivity contribution >= 4 is 32.6 Å². The quantitative estimate of drug-likeness (QED) is 0.636. The third-order valence-electron chi connectivity index (χ3n) is 5.74. The Morgan fingerprint density at radius 2 is 2.17 bits per heavy atom. The molecule has 1 fully saturated rings. The van der Waals surface area contributed by atoms with Crippen molar-refractivity contribution in [1.82, 2.24) is 10.3 Å². The first-order chi connectivity index (χ1) is 11.7. The van der Waals surface area contributed by atoms with Gasteiger partial charge in [-0.15, -0.1) is 0 Å². The SMILES string of the molecule is C[C@@H]1[C@@H](C)CCC[C@@H]1[NH+]1CNC(Nc2nc3ccccc3s2)=[NH+]C1. The second kappa shape index (κ2) is 6.69. The smallest absolute Gasteiger partial charge is 0.274 e. The van der Waals surface area contributed by atoms with E-state index in [0.717, 1.165) is 47.8 Å². The highest BCUT2D eigenvalue weighted by Gasteiger charge is 2.36. The van der Waals surface area contributed by atoms with Crippen LogP contribution in [0, 0.1) is 11.8 Å². The first-order valence-electron chi connectivity index (χ1n) is 9.02. The number of para-hydroxylation sites is 1. The molecule has 4 atom stereocenters. The minimum absolute atomic E-state index is 0.762. The van der Waals surface area contributed by atoms with E-state index in [2.05, 4.69) is 52.7 Å². The monoisotopic (exact) mass is 345 g/mol. The molecule has 4 N–H and O–H groups in total. The minimum atomic E-state index is 0.762. The fourth-order valence-corrected chi connectivity index (χ4v) is 4.94. The van der Waals surface area contributed by atoms with Gasteiger partial charge in [0.25, 0.3) is 5.13 Å². The Hall–Kier alpha value is -1.66. The molecule has 0 radical (unpaired) electrons. The number of anilines is 1. The van der Waals surface area contributed by atoms with Gasteiger partial charge in [-0.3, -0.25) is 4.90 Å². The van der Waals surface area contributed by atoms with Crippen molar-refractivity contribution < 1.29 is 9.89 Å². The van der Waals surface area contributed by atoms with Gasteiger partial charge < -0.3 is 0 Å². The van der Waals surface area contributed by atoms with Gasteiger partial charge in [0.05, 0.1) is 16.3 Å². The van der Waals surface area contributed by atoms with Crippen LogP contribution < -0.4 is 20.5 Å². The molecule has 0 saturated heterocycles. The molecule has 4 rings (SSSR count). The molecule has 2 aliphatic rings. The Morgan fingerprint density at radius 1 is 1.29 bits per heavy atom. The molecule has 128 valence electrons. The van der Waals surface area contributed by atoms with E-state index in [1.807, 2.05) is 6.07 Å². The first kappa shape index (κ1) is 15.8. The molecule has 1 aromatic heterocycles. The number of rotatable bonds is 2. The summed E-state index contributed by atoms with van der Waals surface area (Å²) in [5, 5.41) is 7.86. The van der Waals surface area contributed by atoms with Crippen LogP contribution in [0.3, 0.4) is 0 Å². The minimum Gasteiger partial charge on any atom is -0.274 e. The van der Waals surface area contributed by atoms with Crippen molar-refractivity contribution in [2.45, 2.75) is 39.2 Å². The molecule has 0 amide bonds. The van der Waals surface area contributed by atoms with E-state index in [9.17, 15) is 0 Å². The van der Waals surface area contributed by atoms with Gasteiger partial charge in [0.15, 0.2) is 13.3 Å². The molecular formula is C18H27N5S+2. The van der Waals surface area contributed by atoms with Crippen LogP contribution in [-0.2, 0) is 0 Å². The van der Waals surface area contributed by atoms with Gasteiger partial charge in [-0.05, 0) is 37.3 Å². The first-order valence-corrected chi connectivity index (χ1v) is 9.84. The van der Waals surface area contributed by atoms with Crippen molar-refractivity contribution in [3.8, 4) is 0 Å². The summed E-state index contributed by atoms with van der Waals surface area (Å²) in [5.74, 6) is 2.63. The Morgan fingerprint density at radius 3 is 2.96 bits per heavy atom. The van der Waals surface area contributed by atoms with E-state index in [1.165, 1.54) is 24.0 Å². The molecular weight excluding hydrogens is 318 g/mol. The molecule has 1 unspecified atom stereocenters. The zero-order chi connectivity index (χ0) is 16.5. The third kappa shape index (κ3) is 3.13. The van der Waals surface area contributed by atoms with Crippen molar-refractivity contribution in [1.29, 1.82) is 0 Å². The Kier molecular flexibility index (Phi) is 4.41. The number of guanidine groups is 1. The van der Waals surface area contributed by atoms with Crippen molar-refractivity contribution in [2.75, 3.05) is 18.7 Å². The number of aromatic nitrogens is 1. The zero-order valence-corrected chi connectivity index (χ0v) is 15.2. The summed E-state index contributed by atoms with van der Waals surface area (Å²) in [4.78, 5) is 9.78. The standard InChI is InChI=1S/C18H25N5S/c1-12-6-5-8-15(13(12)2)23-10-19-17(20-11-23)22-18-21-14-7-3-4-9-16(14)24-18/h3-4,7,9,12-13,15H,5-6,8,10-11H2,1-2H3,(H2,19,20,21,22)/p+2/t12-,13+,15-/m0/s1. The molecule has 2 heterocycles. The van der Waals surface area contributed by atoms with Crippen LogP contribution in [-0.4, -0.2) is 30.3 Å². The molecule has 1 aliphatic carbocycles. The normalized spacial score (nSPS) is 30.7. The Bertz CT molecular complexity index is 707. The lowest BCUT2D eigenvalue weighted by molar-refractivity contribution is -1.00. The average Bonchev–Trinajstić information content (AvgIpc) is 3.00. The molecule has 0 bridgehead atoms. The number of hydrogen-bond acceptors (Lipinski definition) is 4. The van der Waals surface area contributed by atoms with Gasteiger partial charge >= 0.3 is 5.96 Å². The van der Waals surface area contributed by atoms with Crippen LogP contribution in [0.25, 0.3) is 10.2 Å². The summed E-state index contributed by atoms with van der Waals surface area (Å²) < 4.78 is 1.22. The largest absolute Gasteiger partial charge is 0.359 e. The van der Waals surface area contributed by atoms with Crippen LogP contribution in [0.15, 0.2) is 24.3 Å². The van der Waals surface area contributed by atoms with E-state index < -0.39 is 0 Å². The summed E-state index contributed by atoms with van der Waals surface area (Å²) in [5.41, 5.74) is 1.05. The number of nitrogens with one attached hydrogen (secondary N) is 4. The Balaban J connectivity index is 1.41. The molecule has 1 aliphatic heterocycles. The highest BCUT2D eigenvalue weighted by Crippen LogP contribution is 2.28. The fraction of sp³-hybridized carbons (Fsp3) is 0.556. The van der Waals surface area contributed by atoms with Crippen molar-refractivity contribution in [2.24, 2.45) is 11.8 Å². The van der Waals surface area contributed by atoms with Crippen LogP contribution in [0.4, 0.5) is 5.13 Å². The second-order valence-electron chi connectivity index (χ2n) is 7.23. The summed E-state index contributed by atoms with van der Waals surface area (Å²) in [6.45, 7) is 6.79. The number of nitrogens with zero attached hydrogens (tertiary/aromatic N) is 1. The second-order valence-corrected chi connectivity index (χ2v) is 8.26. The van der Waals surface area contributed by atoms with Crippen molar-refractivity contribution in [3.63, 3.8) is 0 Å². The fourth-order valence-electron chi connectivity index (χ4n) is 4.07. The van der Waals surface area contributed by atoms with E-state index in [-0.39, 0.29) is 0 Å². The number of hydrogen-bond donors (Lipinski definition) is 4. The zero-order valence-electron chi connectivity index (χ0n) is 14.4. The topological polar surface area (TPSA) is 55.4 Å². The van der Waals surface area contributed by atoms with Crippen LogP contribution in [0.1, 0.15) is 33.1 Å². The summed E-state index contributed by atoms with van der Waals surface area (Å²) >= 11 is 1.69. The van der Waals surface area contributed by atoms with E-state index in [0.29, 0.717) is 0 Å². The van der Waals surface area contributed by atoms with Crippen LogP contribution in [0.2, 0.25) is 0 Å². The maximum Gasteiger partial charge on any atom is 0.359 e. The summed E-state index contributed by atoms with van der Waals surface area (Å²) in [6.07, 6.45) is 4.12. The average molecular weight is 346 g/mol.